The van der Waals surface area contributed by atoms with Crippen LogP contribution in [-0.2, 0) is 0 Å². The van der Waals surface area contributed by atoms with Crippen molar-refractivity contribution in [1.29, 1.82) is 0 Å². The molecule has 2 nitrogen and oxygen atoms in total. The van der Waals surface area contributed by atoms with E-state index in [-0.39, 0.29) is 18.0 Å². The summed E-state index contributed by atoms with van der Waals surface area (Å²) in [5.74, 6) is 0.546. The van der Waals surface area contributed by atoms with Gasteiger partial charge in [0.1, 0.15) is 0 Å². The van der Waals surface area contributed by atoms with Crippen LogP contribution in [0.2, 0.25) is 0 Å². The molecule has 1 saturated heterocycles. The van der Waals surface area contributed by atoms with Gasteiger partial charge in [-0.3, -0.25) is 0 Å². The second-order valence-electron chi connectivity index (χ2n) is 4.00. The molecule has 1 saturated carbocycles. The van der Waals surface area contributed by atoms with Gasteiger partial charge >= 0.3 is 0 Å². The lowest BCUT2D eigenvalue weighted by Crippen LogP contribution is -2.51. The molecule has 2 rings (SSSR count). The fourth-order valence-electron chi connectivity index (χ4n) is 2.50. The fraction of sp³-hybridized carbons (Fsp3) is 1.00. The van der Waals surface area contributed by atoms with Crippen LogP contribution in [0.25, 0.3) is 0 Å². The second kappa shape index (κ2) is 3.95. The Bertz CT molecular complexity index is 139. The van der Waals surface area contributed by atoms with Crippen LogP contribution in [0, 0.1) is 5.92 Å². The lowest BCUT2D eigenvalue weighted by Gasteiger charge is -2.43. The molecule has 0 aromatic carbocycles. The molecule has 72 valence electrons. The van der Waals surface area contributed by atoms with Crippen molar-refractivity contribution in [2.45, 2.75) is 37.7 Å². The molecular weight excluding hydrogens is 174 g/mol. The zero-order valence-corrected chi connectivity index (χ0v) is 8.20. The number of halogens is 1. The van der Waals surface area contributed by atoms with E-state index < -0.39 is 0 Å². The van der Waals surface area contributed by atoms with Crippen LogP contribution in [0.3, 0.4) is 0 Å². The highest BCUT2D eigenvalue weighted by molar-refractivity contribution is 5.85. The minimum atomic E-state index is -0.288. The van der Waals surface area contributed by atoms with Gasteiger partial charge in [-0.15, -0.1) is 12.4 Å². The molecule has 0 spiro atoms. The fourth-order valence-corrected chi connectivity index (χ4v) is 2.50. The third-order valence-electron chi connectivity index (χ3n) is 3.30. The molecule has 3 heteroatoms. The van der Waals surface area contributed by atoms with E-state index in [0.717, 1.165) is 25.9 Å². The molecule has 1 aliphatic heterocycles. The molecule has 0 bridgehead atoms. The summed E-state index contributed by atoms with van der Waals surface area (Å²) in [5.41, 5.74) is -0.288. The molecule has 2 N–H and O–H groups in total. The van der Waals surface area contributed by atoms with Crippen molar-refractivity contribution in [3.05, 3.63) is 0 Å². The number of fused-ring (bicyclic) bond motifs is 1. The molecular formula is C9H18ClNO. The number of piperidine rings is 1. The van der Waals surface area contributed by atoms with Crippen molar-refractivity contribution in [2.24, 2.45) is 5.92 Å². The van der Waals surface area contributed by atoms with Crippen molar-refractivity contribution < 1.29 is 5.11 Å². The van der Waals surface area contributed by atoms with Gasteiger partial charge in [0.05, 0.1) is 5.60 Å². The number of rotatable bonds is 0. The quantitative estimate of drug-likeness (QED) is 0.606. The summed E-state index contributed by atoms with van der Waals surface area (Å²) in [6.07, 6.45) is 5.78. The predicted octanol–water partition coefficient (Wildman–Crippen LogP) is 1.32. The summed E-state index contributed by atoms with van der Waals surface area (Å²) in [6.45, 7) is 2.05. The first-order chi connectivity index (χ1) is 5.31. The molecule has 2 fully saturated rings. The van der Waals surface area contributed by atoms with Crippen molar-refractivity contribution in [1.82, 2.24) is 5.32 Å². The number of hydrogen-bond acceptors (Lipinski definition) is 2. The van der Waals surface area contributed by atoms with Gasteiger partial charge in [0.15, 0.2) is 0 Å². The Morgan fingerprint density at radius 1 is 1.25 bits per heavy atom. The molecule has 0 aromatic heterocycles. The predicted molar refractivity (Wildman–Crippen MR) is 51.6 cm³/mol. The monoisotopic (exact) mass is 191 g/mol. The minimum Gasteiger partial charge on any atom is -0.390 e. The highest BCUT2D eigenvalue weighted by Crippen LogP contribution is 2.37. The maximum Gasteiger partial charge on any atom is 0.0700 e. The van der Waals surface area contributed by atoms with Crippen molar-refractivity contribution >= 4 is 12.4 Å². The lowest BCUT2D eigenvalue weighted by molar-refractivity contribution is -0.0671. The highest BCUT2D eigenvalue weighted by Gasteiger charge is 2.39. The van der Waals surface area contributed by atoms with Crippen molar-refractivity contribution in [3.8, 4) is 0 Å². The van der Waals surface area contributed by atoms with Gasteiger partial charge in [-0.05, 0) is 25.8 Å². The Hall–Kier alpha value is 0.210. The van der Waals surface area contributed by atoms with Gasteiger partial charge in [-0.25, -0.2) is 0 Å². The van der Waals surface area contributed by atoms with E-state index >= 15 is 0 Å². The van der Waals surface area contributed by atoms with Gasteiger partial charge in [-0.2, -0.15) is 0 Å². The van der Waals surface area contributed by atoms with Crippen LogP contribution in [0.15, 0.2) is 0 Å². The normalized spacial score (nSPS) is 41.2. The van der Waals surface area contributed by atoms with Crippen LogP contribution in [0.4, 0.5) is 0 Å². The van der Waals surface area contributed by atoms with Crippen LogP contribution in [0.5, 0.6) is 0 Å². The third-order valence-corrected chi connectivity index (χ3v) is 3.30. The van der Waals surface area contributed by atoms with Crippen LogP contribution in [0.1, 0.15) is 32.1 Å². The number of nitrogens with one attached hydrogen (secondary N) is 1. The summed E-state index contributed by atoms with van der Waals surface area (Å²) < 4.78 is 0. The van der Waals surface area contributed by atoms with E-state index in [0.29, 0.717) is 5.92 Å². The van der Waals surface area contributed by atoms with E-state index in [4.69, 9.17) is 0 Å². The largest absolute Gasteiger partial charge is 0.390 e. The molecule has 0 aromatic rings. The molecule has 1 aliphatic carbocycles. The van der Waals surface area contributed by atoms with Gasteiger partial charge in [0.2, 0.25) is 0 Å². The van der Waals surface area contributed by atoms with Crippen LogP contribution >= 0.6 is 12.4 Å². The molecule has 0 amide bonds. The van der Waals surface area contributed by atoms with Crippen molar-refractivity contribution in [2.75, 3.05) is 13.1 Å². The number of hydrogen-bond donors (Lipinski definition) is 2. The summed E-state index contributed by atoms with van der Waals surface area (Å²) >= 11 is 0. The lowest BCUT2D eigenvalue weighted by atomic mass is 9.72. The zero-order chi connectivity index (χ0) is 7.73. The Kier molecular flexibility index (Phi) is 3.38. The molecule has 1 heterocycles. The third kappa shape index (κ3) is 1.76. The smallest absolute Gasteiger partial charge is 0.0700 e. The van der Waals surface area contributed by atoms with E-state index in [1.807, 2.05) is 0 Å². The first-order valence-corrected chi connectivity index (χ1v) is 4.74. The molecule has 12 heavy (non-hydrogen) atoms. The summed E-state index contributed by atoms with van der Waals surface area (Å²) in [4.78, 5) is 0. The maximum atomic E-state index is 10.2. The van der Waals surface area contributed by atoms with Crippen LogP contribution in [-0.4, -0.2) is 23.8 Å². The van der Waals surface area contributed by atoms with E-state index in [2.05, 4.69) is 5.32 Å². The average Bonchev–Trinajstić information content (AvgIpc) is 2.03. The maximum absolute atomic E-state index is 10.2. The van der Waals surface area contributed by atoms with Gasteiger partial charge in [-0.1, -0.05) is 12.8 Å². The SMILES string of the molecule is Cl.O[C@]12CCCC[C@H]1CNCC2. The summed E-state index contributed by atoms with van der Waals surface area (Å²) in [6, 6.07) is 0. The first kappa shape index (κ1) is 10.3. The van der Waals surface area contributed by atoms with Gasteiger partial charge in [0.25, 0.3) is 0 Å². The zero-order valence-electron chi connectivity index (χ0n) is 7.38. The highest BCUT2D eigenvalue weighted by atomic mass is 35.5. The van der Waals surface area contributed by atoms with E-state index in [1.165, 1.54) is 19.3 Å². The average molecular weight is 192 g/mol. The topological polar surface area (TPSA) is 32.3 Å². The van der Waals surface area contributed by atoms with Gasteiger partial charge < -0.3 is 10.4 Å². The summed E-state index contributed by atoms with van der Waals surface area (Å²) in [7, 11) is 0. The Labute approximate surface area is 80.1 Å². The van der Waals surface area contributed by atoms with Crippen LogP contribution < -0.4 is 5.32 Å². The molecule has 0 unspecified atom stereocenters. The minimum absolute atomic E-state index is 0. The molecule has 2 atom stereocenters. The Morgan fingerprint density at radius 2 is 2.08 bits per heavy atom. The molecule has 2 aliphatic rings. The number of aliphatic hydroxyl groups is 1. The van der Waals surface area contributed by atoms with Crippen molar-refractivity contribution in [3.63, 3.8) is 0 Å². The Morgan fingerprint density at radius 3 is 2.83 bits per heavy atom. The summed E-state index contributed by atoms with van der Waals surface area (Å²) in [5, 5.41) is 13.5. The molecule has 0 radical (unpaired) electrons. The second-order valence-corrected chi connectivity index (χ2v) is 4.00. The Balaban J connectivity index is 0.000000720. The first-order valence-electron chi connectivity index (χ1n) is 4.74. The van der Waals surface area contributed by atoms with E-state index in [9.17, 15) is 5.11 Å². The standard InChI is InChI=1S/C9H17NO.ClH/c11-9-4-2-1-3-8(9)7-10-6-5-9;/h8,10-11H,1-7H2;1H/t8-,9-;/m0./s1. The van der Waals surface area contributed by atoms with Gasteiger partial charge in [0, 0.05) is 12.5 Å². The van der Waals surface area contributed by atoms with E-state index in [1.54, 1.807) is 0 Å².